The van der Waals surface area contributed by atoms with Gasteiger partial charge in [-0.3, -0.25) is 0 Å². The van der Waals surface area contributed by atoms with Gasteiger partial charge in [0.1, 0.15) is 5.75 Å². The van der Waals surface area contributed by atoms with Gasteiger partial charge in [-0.15, -0.1) is 11.8 Å². The van der Waals surface area contributed by atoms with E-state index in [0.29, 0.717) is 5.75 Å². The highest BCUT2D eigenvalue weighted by molar-refractivity contribution is 7.98. The molecule has 0 unspecified atom stereocenters. The lowest BCUT2D eigenvalue weighted by Crippen LogP contribution is -1.76. The maximum atomic E-state index is 9.02. The summed E-state index contributed by atoms with van der Waals surface area (Å²) in [5, 5.41) is 9.02. The summed E-state index contributed by atoms with van der Waals surface area (Å²) in [5.74, 6) is 0.343. The zero-order chi connectivity index (χ0) is 10.3. The number of phenols is 1. The Labute approximate surface area is 85.2 Å². The number of hydrogen-bond acceptors (Lipinski definition) is 2. The molecule has 0 aliphatic carbocycles. The molecule has 13 heavy (non-hydrogen) atoms. The van der Waals surface area contributed by atoms with Crippen molar-refractivity contribution in [2.45, 2.75) is 32.1 Å². The number of benzene rings is 1. The highest BCUT2D eigenvalue weighted by Gasteiger charge is 1.95. The van der Waals surface area contributed by atoms with E-state index in [2.05, 4.69) is 13.8 Å². The van der Waals surface area contributed by atoms with Gasteiger partial charge < -0.3 is 5.11 Å². The van der Waals surface area contributed by atoms with E-state index in [1.54, 1.807) is 23.9 Å². The van der Waals surface area contributed by atoms with Crippen LogP contribution in [0.1, 0.15) is 25.8 Å². The van der Waals surface area contributed by atoms with E-state index in [1.165, 1.54) is 11.3 Å². The van der Waals surface area contributed by atoms with Gasteiger partial charge in [0.25, 0.3) is 0 Å². The summed E-state index contributed by atoms with van der Waals surface area (Å²) >= 11 is 1.69. The predicted molar refractivity (Wildman–Crippen MR) is 60.6 cm³/mol. The summed E-state index contributed by atoms with van der Waals surface area (Å²) in [4.78, 5) is 1.22. The third-order valence-electron chi connectivity index (χ3n) is 1.38. The monoisotopic (exact) mass is 198 g/mol. The number of phenolic OH excluding ortho intramolecular Hbond substituents is 1. The van der Waals surface area contributed by atoms with Crippen molar-refractivity contribution in [3.05, 3.63) is 23.8 Å². The lowest BCUT2D eigenvalue weighted by molar-refractivity contribution is 0.474. The fraction of sp³-hybridized carbons (Fsp3) is 0.455. The molecule has 1 aromatic carbocycles. The second kappa shape index (κ2) is 6.84. The van der Waals surface area contributed by atoms with Crippen LogP contribution in [0.3, 0.4) is 0 Å². The quantitative estimate of drug-likeness (QED) is 0.692. The highest BCUT2D eigenvalue weighted by atomic mass is 32.2. The first-order chi connectivity index (χ1) is 6.15. The Morgan fingerprint density at radius 1 is 1.31 bits per heavy atom. The molecule has 0 fully saturated rings. The Balaban J connectivity index is 0.000000424. The summed E-state index contributed by atoms with van der Waals surface area (Å²) in [6.45, 7) is 6.24. The standard InChI is InChI=1S/C8H10OS.C3H8/c1-6-5-7(9)3-4-8(6)10-2;1-3-2/h3-5,9H,1-2H3;3H2,1-2H3. The minimum atomic E-state index is 0.343. The first-order valence-electron chi connectivity index (χ1n) is 4.49. The molecule has 1 N–H and O–H groups in total. The molecule has 0 aliphatic rings. The topological polar surface area (TPSA) is 20.2 Å². The lowest BCUT2D eigenvalue weighted by atomic mass is 10.2. The van der Waals surface area contributed by atoms with Crippen molar-refractivity contribution in [1.82, 2.24) is 0 Å². The number of hydrogen-bond donors (Lipinski definition) is 1. The van der Waals surface area contributed by atoms with Gasteiger partial charge in [0, 0.05) is 4.90 Å². The number of rotatable bonds is 1. The van der Waals surface area contributed by atoms with E-state index >= 15 is 0 Å². The van der Waals surface area contributed by atoms with E-state index in [4.69, 9.17) is 5.11 Å². The smallest absolute Gasteiger partial charge is 0.115 e. The third kappa shape index (κ3) is 4.83. The van der Waals surface area contributed by atoms with Crippen molar-refractivity contribution in [2.24, 2.45) is 0 Å². The van der Waals surface area contributed by atoms with Crippen LogP contribution in [0.4, 0.5) is 0 Å². The van der Waals surface area contributed by atoms with E-state index in [0.717, 1.165) is 5.56 Å². The minimum absolute atomic E-state index is 0.343. The molecule has 0 saturated heterocycles. The Kier molecular flexibility index (Phi) is 6.51. The van der Waals surface area contributed by atoms with Crippen molar-refractivity contribution in [3.8, 4) is 5.75 Å². The fourth-order valence-corrected chi connectivity index (χ4v) is 1.45. The van der Waals surface area contributed by atoms with Gasteiger partial charge in [0.2, 0.25) is 0 Å². The van der Waals surface area contributed by atoms with Gasteiger partial charge in [-0.1, -0.05) is 20.3 Å². The van der Waals surface area contributed by atoms with Crippen LogP contribution in [0.25, 0.3) is 0 Å². The van der Waals surface area contributed by atoms with E-state index in [9.17, 15) is 0 Å². The molecular formula is C11H18OS. The molecular weight excluding hydrogens is 180 g/mol. The van der Waals surface area contributed by atoms with E-state index in [1.807, 2.05) is 19.2 Å². The Morgan fingerprint density at radius 3 is 2.23 bits per heavy atom. The number of aromatic hydroxyl groups is 1. The van der Waals surface area contributed by atoms with Gasteiger partial charge in [0.15, 0.2) is 0 Å². The van der Waals surface area contributed by atoms with Crippen molar-refractivity contribution in [1.29, 1.82) is 0 Å². The van der Waals surface area contributed by atoms with Gasteiger partial charge in [0.05, 0.1) is 0 Å². The van der Waals surface area contributed by atoms with Crippen molar-refractivity contribution in [2.75, 3.05) is 6.26 Å². The largest absolute Gasteiger partial charge is 0.508 e. The van der Waals surface area contributed by atoms with Gasteiger partial charge >= 0.3 is 0 Å². The van der Waals surface area contributed by atoms with Crippen molar-refractivity contribution in [3.63, 3.8) is 0 Å². The summed E-state index contributed by atoms with van der Waals surface area (Å²) in [5.41, 5.74) is 1.13. The Morgan fingerprint density at radius 2 is 1.85 bits per heavy atom. The molecule has 74 valence electrons. The average molecular weight is 198 g/mol. The van der Waals surface area contributed by atoms with Crippen molar-refractivity contribution < 1.29 is 5.11 Å². The second-order valence-corrected chi connectivity index (χ2v) is 3.71. The van der Waals surface area contributed by atoms with Crippen LogP contribution in [0, 0.1) is 6.92 Å². The van der Waals surface area contributed by atoms with Gasteiger partial charge in [-0.25, -0.2) is 0 Å². The molecule has 0 aliphatic heterocycles. The summed E-state index contributed by atoms with van der Waals surface area (Å²) < 4.78 is 0. The van der Waals surface area contributed by atoms with Crippen LogP contribution in [-0.2, 0) is 0 Å². The summed E-state index contributed by atoms with van der Waals surface area (Å²) in [7, 11) is 0. The van der Waals surface area contributed by atoms with Crippen molar-refractivity contribution >= 4 is 11.8 Å². The molecule has 0 saturated carbocycles. The molecule has 0 heterocycles. The molecule has 1 rings (SSSR count). The molecule has 0 bridgehead atoms. The normalized spacial score (nSPS) is 8.92. The minimum Gasteiger partial charge on any atom is -0.508 e. The SMILES string of the molecule is CCC.CSc1ccc(O)cc1C. The maximum Gasteiger partial charge on any atom is 0.115 e. The molecule has 2 heteroatoms. The zero-order valence-corrected chi connectivity index (χ0v) is 9.61. The summed E-state index contributed by atoms with van der Waals surface area (Å²) in [6, 6.07) is 5.40. The molecule has 1 aromatic rings. The molecule has 0 atom stereocenters. The number of thioether (sulfide) groups is 1. The van der Waals surface area contributed by atoms with Crippen LogP contribution in [0.2, 0.25) is 0 Å². The van der Waals surface area contributed by atoms with Crippen LogP contribution in [0.5, 0.6) is 5.75 Å². The third-order valence-corrected chi connectivity index (χ3v) is 2.28. The van der Waals surface area contributed by atoms with Gasteiger partial charge in [-0.05, 0) is 36.9 Å². The molecule has 0 amide bonds. The van der Waals surface area contributed by atoms with E-state index < -0.39 is 0 Å². The highest BCUT2D eigenvalue weighted by Crippen LogP contribution is 2.22. The summed E-state index contributed by atoms with van der Waals surface area (Å²) in [6.07, 6.45) is 3.28. The number of aryl methyl sites for hydroxylation is 1. The van der Waals surface area contributed by atoms with Crippen LogP contribution < -0.4 is 0 Å². The Bertz CT molecular complexity index is 246. The van der Waals surface area contributed by atoms with Crippen LogP contribution >= 0.6 is 11.8 Å². The van der Waals surface area contributed by atoms with E-state index in [-0.39, 0.29) is 0 Å². The second-order valence-electron chi connectivity index (χ2n) is 2.86. The van der Waals surface area contributed by atoms with Crippen LogP contribution in [0.15, 0.2) is 23.1 Å². The zero-order valence-electron chi connectivity index (χ0n) is 8.79. The Hall–Kier alpha value is -0.630. The molecule has 0 radical (unpaired) electrons. The maximum absolute atomic E-state index is 9.02. The first-order valence-corrected chi connectivity index (χ1v) is 5.71. The fourth-order valence-electron chi connectivity index (χ4n) is 0.863. The molecule has 0 aromatic heterocycles. The lowest BCUT2D eigenvalue weighted by Gasteiger charge is -2.00. The van der Waals surface area contributed by atoms with Gasteiger partial charge in [-0.2, -0.15) is 0 Å². The van der Waals surface area contributed by atoms with Crippen LogP contribution in [-0.4, -0.2) is 11.4 Å². The first kappa shape index (κ1) is 12.4. The average Bonchev–Trinajstić information content (AvgIpc) is 2.06. The molecule has 0 spiro atoms. The molecule has 1 nitrogen and oxygen atoms in total. The predicted octanol–water partition coefficient (Wildman–Crippen LogP) is 3.84.